The minimum atomic E-state index is -1.19. The Hall–Kier alpha value is -2.36. The van der Waals surface area contributed by atoms with Gasteiger partial charge in [0.05, 0.1) is 5.69 Å². The number of carboxylic acids is 1. The molecule has 1 heterocycles. The standard InChI is InChI=1S/C15H15NO3/c1-9-6-4-5-7-12(9)16-8-10(2)11(3)13(14(16)17)15(18)19/h4-8H,1-3H3,(H,18,19). The number of pyridine rings is 1. The van der Waals surface area contributed by atoms with Crippen molar-refractivity contribution >= 4 is 5.97 Å². The Kier molecular flexibility index (Phi) is 3.25. The van der Waals surface area contributed by atoms with Crippen LogP contribution < -0.4 is 5.56 Å². The van der Waals surface area contributed by atoms with Crippen molar-refractivity contribution in [1.29, 1.82) is 0 Å². The Morgan fingerprint density at radius 2 is 1.74 bits per heavy atom. The highest BCUT2D eigenvalue weighted by Gasteiger charge is 2.17. The second-order valence-corrected chi connectivity index (χ2v) is 4.58. The first-order chi connectivity index (χ1) is 8.93. The number of benzene rings is 1. The molecule has 0 amide bonds. The summed E-state index contributed by atoms with van der Waals surface area (Å²) in [6.45, 7) is 5.34. The Morgan fingerprint density at radius 1 is 1.11 bits per heavy atom. The number of hydrogen-bond acceptors (Lipinski definition) is 2. The Bertz CT molecular complexity index is 714. The van der Waals surface area contributed by atoms with Crippen molar-refractivity contribution in [2.45, 2.75) is 20.8 Å². The highest BCUT2D eigenvalue weighted by atomic mass is 16.4. The van der Waals surface area contributed by atoms with Gasteiger partial charge >= 0.3 is 5.97 Å². The van der Waals surface area contributed by atoms with Gasteiger partial charge in [-0.15, -0.1) is 0 Å². The number of aromatic carboxylic acids is 1. The summed E-state index contributed by atoms with van der Waals surface area (Å²) in [5.74, 6) is -1.19. The fourth-order valence-corrected chi connectivity index (χ4v) is 2.09. The largest absolute Gasteiger partial charge is 0.477 e. The topological polar surface area (TPSA) is 59.3 Å². The molecule has 19 heavy (non-hydrogen) atoms. The van der Waals surface area contributed by atoms with Crippen LogP contribution in [-0.2, 0) is 0 Å². The third-order valence-electron chi connectivity index (χ3n) is 3.31. The summed E-state index contributed by atoms with van der Waals surface area (Å²) in [6.07, 6.45) is 1.69. The van der Waals surface area contributed by atoms with E-state index in [0.717, 1.165) is 11.1 Å². The van der Waals surface area contributed by atoms with E-state index in [4.69, 9.17) is 0 Å². The van der Waals surface area contributed by atoms with Crippen molar-refractivity contribution < 1.29 is 9.90 Å². The molecule has 1 aromatic heterocycles. The maximum Gasteiger partial charge on any atom is 0.341 e. The molecule has 2 aromatic rings. The number of para-hydroxylation sites is 1. The van der Waals surface area contributed by atoms with Crippen molar-refractivity contribution in [3.05, 3.63) is 63.1 Å². The molecule has 0 aliphatic rings. The summed E-state index contributed by atoms with van der Waals surface area (Å²) in [6, 6.07) is 7.39. The molecule has 0 fully saturated rings. The summed E-state index contributed by atoms with van der Waals surface area (Å²) < 4.78 is 1.40. The van der Waals surface area contributed by atoms with E-state index in [1.807, 2.05) is 25.1 Å². The summed E-state index contributed by atoms with van der Waals surface area (Å²) in [5, 5.41) is 9.20. The zero-order chi connectivity index (χ0) is 14.2. The molecule has 0 saturated heterocycles. The fourth-order valence-electron chi connectivity index (χ4n) is 2.09. The second-order valence-electron chi connectivity index (χ2n) is 4.58. The molecule has 0 radical (unpaired) electrons. The zero-order valence-electron chi connectivity index (χ0n) is 11.1. The molecule has 0 aliphatic heterocycles. The normalized spacial score (nSPS) is 10.5. The van der Waals surface area contributed by atoms with Crippen LogP contribution >= 0.6 is 0 Å². The number of aromatic nitrogens is 1. The van der Waals surface area contributed by atoms with E-state index in [1.165, 1.54) is 4.57 Å². The lowest BCUT2D eigenvalue weighted by atomic mass is 10.1. The van der Waals surface area contributed by atoms with Gasteiger partial charge in [-0.1, -0.05) is 18.2 Å². The van der Waals surface area contributed by atoms with E-state index in [2.05, 4.69) is 0 Å². The van der Waals surface area contributed by atoms with Crippen LogP contribution in [0.1, 0.15) is 27.0 Å². The highest BCUT2D eigenvalue weighted by molar-refractivity contribution is 5.89. The highest BCUT2D eigenvalue weighted by Crippen LogP contribution is 2.15. The first kappa shape index (κ1) is 13.1. The third kappa shape index (κ3) is 2.17. The van der Waals surface area contributed by atoms with E-state index in [9.17, 15) is 14.7 Å². The van der Waals surface area contributed by atoms with Crippen LogP contribution in [0.15, 0.2) is 35.3 Å². The van der Waals surface area contributed by atoms with Crippen molar-refractivity contribution in [3.63, 3.8) is 0 Å². The van der Waals surface area contributed by atoms with Crippen molar-refractivity contribution in [2.24, 2.45) is 0 Å². The number of nitrogens with zero attached hydrogens (tertiary/aromatic N) is 1. The van der Waals surface area contributed by atoms with Gasteiger partial charge in [-0.3, -0.25) is 9.36 Å². The van der Waals surface area contributed by atoms with Crippen LogP contribution in [0.25, 0.3) is 5.69 Å². The summed E-state index contributed by atoms with van der Waals surface area (Å²) in [4.78, 5) is 23.6. The van der Waals surface area contributed by atoms with Crippen LogP contribution in [0, 0.1) is 20.8 Å². The lowest BCUT2D eigenvalue weighted by Gasteiger charge is -2.13. The quantitative estimate of drug-likeness (QED) is 0.899. The summed E-state index contributed by atoms with van der Waals surface area (Å²) >= 11 is 0. The predicted octanol–water partition coefficient (Wildman–Crippen LogP) is 2.46. The number of hydrogen-bond donors (Lipinski definition) is 1. The van der Waals surface area contributed by atoms with Gasteiger partial charge in [0.2, 0.25) is 0 Å². The number of rotatable bonds is 2. The molecule has 0 aliphatic carbocycles. The number of aryl methyl sites for hydroxylation is 2. The number of carboxylic acid groups (broad SMARTS) is 1. The first-order valence-corrected chi connectivity index (χ1v) is 5.95. The average Bonchev–Trinajstić information content (AvgIpc) is 2.34. The molecule has 0 unspecified atom stereocenters. The SMILES string of the molecule is Cc1ccccc1-n1cc(C)c(C)c(C(=O)O)c1=O. The Morgan fingerprint density at radius 3 is 2.32 bits per heavy atom. The Balaban J connectivity index is 2.84. The molecular weight excluding hydrogens is 242 g/mol. The van der Waals surface area contributed by atoms with E-state index in [-0.39, 0.29) is 5.56 Å². The summed E-state index contributed by atoms with van der Waals surface area (Å²) in [5.41, 5.74) is 2.26. The molecule has 0 saturated carbocycles. The first-order valence-electron chi connectivity index (χ1n) is 5.95. The van der Waals surface area contributed by atoms with Gasteiger partial charge in [0, 0.05) is 6.20 Å². The zero-order valence-corrected chi connectivity index (χ0v) is 11.1. The van der Waals surface area contributed by atoms with Crippen LogP contribution in [-0.4, -0.2) is 15.6 Å². The van der Waals surface area contributed by atoms with Gasteiger partial charge in [0.25, 0.3) is 5.56 Å². The molecule has 1 N–H and O–H groups in total. The van der Waals surface area contributed by atoms with E-state index >= 15 is 0 Å². The Labute approximate surface area is 110 Å². The van der Waals surface area contributed by atoms with Gasteiger partial charge in [0.1, 0.15) is 5.56 Å². The lowest BCUT2D eigenvalue weighted by molar-refractivity contribution is 0.0693. The molecule has 0 spiro atoms. The minimum absolute atomic E-state index is 0.164. The van der Waals surface area contributed by atoms with Crippen LogP contribution in [0.5, 0.6) is 0 Å². The molecule has 4 nitrogen and oxygen atoms in total. The van der Waals surface area contributed by atoms with E-state index < -0.39 is 11.5 Å². The van der Waals surface area contributed by atoms with Crippen molar-refractivity contribution in [3.8, 4) is 5.69 Å². The monoisotopic (exact) mass is 257 g/mol. The molecule has 0 bridgehead atoms. The summed E-state index contributed by atoms with van der Waals surface area (Å²) in [7, 11) is 0. The number of carbonyl (C=O) groups is 1. The maximum absolute atomic E-state index is 12.3. The molecule has 1 aromatic carbocycles. The van der Waals surface area contributed by atoms with E-state index in [0.29, 0.717) is 11.3 Å². The molecule has 0 atom stereocenters. The van der Waals surface area contributed by atoms with Gasteiger partial charge in [0.15, 0.2) is 0 Å². The fraction of sp³-hybridized carbons (Fsp3) is 0.200. The van der Waals surface area contributed by atoms with Crippen LogP contribution in [0.3, 0.4) is 0 Å². The smallest absolute Gasteiger partial charge is 0.341 e. The molecule has 98 valence electrons. The minimum Gasteiger partial charge on any atom is -0.477 e. The van der Waals surface area contributed by atoms with Crippen LogP contribution in [0.2, 0.25) is 0 Å². The third-order valence-corrected chi connectivity index (χ3v) is 3.31. The second kappa shape index (κ2) is 4.72. The van der Waals surface area contributed by atoms with Crippen molar-refractivity contribution in [1.82, 2.24) is 4.57 Å². The molecule has 2 rings (SSSR count). The lowest BCUT2D eigenvalue weighted by Crippen LogP contribution is -2.27. The van der Waals surface area contributed by atoms with E-state index in [1.54, 1.807) is 26.1 Å². The van der Waals surface area contributed by atoms with Gasteiger partial charge in [-0.05, 0) is 43.5 Å². The molecular formula is C15H15NO3. The van der Waals surface area contributed by atoms with Gasteiger partial charge < -0.3 is 5.11 Å². The molecule has 4 heteroatoms. The van der Waals surface area contributed by atoms with Crippen molar-refractivity contribution in [2.75, 3.05) is 0 Å². The average molecular weight is 257 g/mol. The predicted molar refractivity (Wildman–Crippen MR) is 73.2 cm³/mol. The van der Waals surface area contributed by atoms with Gasteiger partial charge in [-0.25, -0.2) is 4.79 Å². The van der Waals surface area contributed by atoms with Gasteiger partial charge in [-0.2, -0.15) is 0 Å². The maximum atomic E-state index is 12.3. The van der Waals surface area contributed by atoms with Crippen LogP contribution in [0.4, 0.5) is 0 Å².